The van der Waals surface area contributed by atoms with Gasteiger partial charge in [0.2, 0.25) is 11.8 Å². The van der Waals surface area contributed by atoms with Gasteiger partial charge in [0, 0.05) is 12.6 Å². The van der Waals surface area contributed by atoms with Gasteiger partial charge in [-0.05, 0) is 5.56 Å². The smallest absolute Gasteiger partial charge is 0.241 e. The van der Waals surface area contributed by atoms with E-state index in [9.17, 15) is 9.59 Å². The molecule has 2 amide bonds. The van der Waals surface area contributed by atoms with Crippen LogP contribution in [0.2, 0.25) is 0 Å². The number of hydrogen-bond acceptors (Lipinski definition) is 3. The number of aromatic amines is 1. The van der Waals surface area contributed by atoms with Crippen LogP contribution in [0.1, 0.15) is 17.9 Å². The Morgan fingerprint density at radius 1 is 1.22 bits per heavy atom. The number of H-pyrrole nitrogens is 1. The van der Waals surface area contributed by atoms with E-state index in [0.29, 0.717) is 5.69 Å². The van der Waals surface area contributed by atoms with Crippen LogP contribution >= 0.6 is 0 Å². The van der Waals surface area contributed by atoms with E-state index in [2.05, 4.69) is 10.2 Å². The second-order valence-electron chi connectivity index (χ2n) is 4.19. The van der Waals surface area contributed by atoms with Crippen molar-refractivity contribution in [3.63, 3.8) is 0 Å². The second-order valence-corrected chi connectivity index (χ2v) is 4.19. The Hall–Kier alpha value is -2.43. The summed E-state index contributed by atoms with van der Waals surface area (Å²) in [5, 5.41) is 6.37. The fraction of sp³-hybridized carbons (Fsp3) is 0.154. The number of nitrogens with one attached hydrogen (secondary N) is 1. The molecule has 1 unspecified atom stereocenters. The van der Waals surface area contributed by atoms with Crippen LogP contribution in [0.3, 0.4) is 0 Å². The van der Waals surface area contributed by atoms with Crippen molar-refractivity contribution >= 4 is 17.5 Å². The molecule has 3 rings (SSSR count). The van der Waals surface area contributed by atoms with Gasteiger partial charge in [-0.25, -0.2) is 4.90 Å². The molecule has 2 heterocycles. The van der Waals surface area contributed by atoms with Crippen LogP contribution in [-0.2, 0) is 9.59 Å². The van der Waals surface area contributed by atoms with E-state index in [-0.39, 0.29) is 24.2 Å². The fourth-order valence-corrected chi connectivity index (χ4v) is 2.22. The van der Waals surface area contributed by atoms with Gasteiger partial charge >= 0.3 is 0 Å². The average molecular weight is 241 g/mol. The third kappa shape index (κ3) is 1.60. The van der Waals surface area contributed by atoms with Gasteiger partial charge in [0.05, 0.1) is 17.8 Å². The maximum absolute atomic E-state index is 12.3. The van der Waals surface area contributed by atoms with Crippen molar-refractivity contribution < 1.29 is 9.59 Å². The van der Waals surface area contributed by atoms with E-state index in [1.165, 1.54) is 11.1 Å². The van der Waals surface area contributed by atoms with Crippen LogP contribution in [0.5, 0.6) is 0 Å². The maximum Gasteiger partial charge on any atom is 0.241 e. The molecule has 2 aromatic rings. The molecule has 1 saturated heterocycles. The normalized spacial score (nSPS) is 19.6. The zero-order valence-electron chi connectivity index (χ0n) is 9.54. The van der Waals surface area contributed by atoms with Gasteiger partial charge < -0.3 is 0 Å². The molecule has 1 N–H and O–H groups in total. The molecule has 18 heavy (non-hydrogen) atoms. The number of hydrogen-bond donors (Lipinski definition) is 1. The van der Waals surface area contributed by atoms with Crippen LogP contribution in [0.15, 0.2) is 42.7 Å². The molecular formula is C13H11N3O2. The van der Waals surface area contributed by atoms with Crippen molar-refractivity contribution in [2.75, 3.05) is 4.90 Å². The Labute approximate surface area is 103 Å². The van der Waals surface area contributed by atoms with E-state index in [1.807, 2.05) is 30.3 Å². The van der Waals surface area contributed by atoms with Gasteiger partial charge in [-0.2, -0.15) is 5.10 Å². The highest BCUT2D eigenvalue weighted by molar-refractivity contribution is 6.22. The largest absolute Gasteiger partial charge is 0.284 e. The molecule has 1 aliphatic heterocycles. The highest BCUT2D eigenvalue weighted by Crippen LogP contribution is 2.32. The molecule has 0 aliphatic carbocycles. The summed E-state index contributed by atoms with van der Waals surface area (Å²) in [5.41, 5.74) is 1.38. The zero-order chi connectivity index (χ0) is 12.5. The van der Waals surface area contributed by atoms with Crippen LogP contribution in [-0.4, -0.2) is 22.0 Å². The topological polar surface area (TPSA) is 66.1 Å². The lowest BCUT2D eigenvalue weighted by Gasteiger charge is -2.12. The molecule has 1 aromatic carbocycles. The van der Waals surface area contributed by atoms with Crippen LogP contribution in [0, 0.1) is 0 Å². The predicted octanol–water partition coefficient (Wildman–Crippen LogP) is 1.46. The Morgan fingerprint density at radius 3 is 2.67 bits per heavy atom. The van der Waals surface area contributed by atoms with E-state index < -0.39 is 0 Å². The van der Waals surface area contributed by atoms with Crippen molar-refractivity contribution in [2.24, 2.45) is 0 Å². The Balaban J connectivity index is 1.94. The molecule has 1 atom stereocenters. The first kappa shape index (κ1) is 10.7. The van der Waals surface area contributed by atoms with Gasteiger partial charge in [-0.1, -0.05) is 30.3 Å². The molecule has 5 heteroatoms. The molecule has 0 bridgehead atoms. The summed E-state index contributed by atoms with van der Waals surface area (Å²) in [7, 11) is 0. The minimum Gasteiger partial charge on any atom is -0.284 e. The average Bonchev–Trinajstić information content (AvgIpc) is 2.99. The lowest BCUT2D eigenvalue weighted by atomic mass is 9.98. The number of rotatable bonds is 2. The number of anilines is 1. The van der Waals surface area contributed by atoms with E-state index >= 15 is 0 Å². The molecule has 1 aromatic heterocycles. The first-order valence-corrected chi connectivity index (χ1v) is 5.68. The third-order valence-electron chi connectivity index (χ3n) is 3.09. The van der Waals surface area contributed by atoms with E-state index in [4.69, 9.17) is 0 Å². The number of aromatic nitrogens is 2. The van der Waals surface area contributed by atoms with Crippen LogP contribution < -0.4 is 4.90 Å². The minimum atomic E-state index is -0.381. The number of imide groups is 1. The monoisotopic (exact) mass is 241 g/mol. The number of benzene rings is 1. The van der Waals surface area contributed by atoms with Gasteiger partial charge in [0.25, 0.3) is 0 Å². The molecule has 90 valence electrons. The second kappa shape index (κ2) is 4.10. The molecule has 0 spiro atoms. The predicted molar refractivity (Wildman–Crippen MR) is 64.9 cm³/mol. The summed E-state index contributed by atoms with van der Waals surface area (Å²) in [6, 6.07) is 9.36. The van der Waals surface area contributed by atoms with Crippen molar-refractivity contribution in [1.29, 1.82) is 0 Å². The molecule has 5 nitrogen and oxygen atoms in total. The SMILES string of the molecule is O=C1CC(c2ccccc2)C(=O)N1c1cn[nH]c1. The van der Waals surface area contributed by atoms with Gasteiger partial charge in [0.15, 0.2) is 0 Å². The summed E-state index contributed by atoms with van der Waals surface area (Å²) in [6.07, 6.45) is 3.24. The van der Waals surface area contributed by atoms with Crippen LogP contribution in [0.4, 0.5) is 5.69 Å². The summed E-state index contributed by atoms with van der Waals surface area (Å²) in [6.45, 7) is 0. The minimum absolute atomic E-state index is 0.185. The number of carbonyl (C=O) groups excluding carboxylic acids is 2. The number of carbonyl (C=O) groups is 2. The number of nitrogens with zero attached hydrogens (tertiary/aromatic N) is 2. The molecular weight excluding hydrogens is 230 g/mol. The first-order valence-electron chi connectivity index (χ1n) is 5.68. The molecule has 0 saturated carbocycles. The lowest BCUT2D eigenvalue weighted by Crippen LogP contribution is -2.29. The summed E-state index contributed by atoms with van der Waals surface area (Å²) < 4.78 is 0. The molecule has 1 aliphatic rings. The standard InChI is InChI=1S/C13H11N3O2/c17-12-6-11(9-4-2-1-3-5-9)13(18)16(12)10-7-14-15-8-10/h1-5,7-8,11H,6H2,(H,14,15). The maximum atomic E-state index is 12.3. The fourth-order valence-electron chi connectivity index (χ4n) is 2.22. The molecule has 1 fully saturated rings. The Kier molecular flexibility index (Phi) is 2.44. The lowest BCUT2D eigenvalue weighted by molar-refractivity contribution is -0.121. The Bertz CT molecular complexity index is 578. The third-order valence-corrected chi connectivity index (χ3v) is 3.09. The van der Waals surface area contributed by atoms with Gasteiger partial charge in [-0.3, -0.25) is 14.7 Å². The van der Waals surface area contributed by atoms with E-state index in [0.717, 1.165) is 5.56 Å². The van der Waals surface area contributed by atoms with Gasteiger partial charge in [0.1, 0.15) is 0 Å². The van der Waals surface area contributed by atoms with Crippen molar-refractivity contribution in [2.45, 2.75) is 12.3 Å². The summed E-state index contributed by atoms with van der Waals surface area (Å²) in [5.74, 6) is -0.753. The van der Waals surface area contributed by atoms with Crippen molar-refractivity contribution in [3.05, 3.63) is 48.3 Å². The first-order chi connectivity index (χ1) is 8.77. The number of amides is 2. The summed E-state index contributed by atoms with van der Waals surface area (Å²) >= 11 is 0. The summed E-state index contributed by atoms with van der Waals surface area (Å²) in [4.78, 5) is 25.4. The molecule has 0 radical (unpaired) electrons. The van der Waals surface area contributed by atoms with Crippen LogP contribution in [0.25, 0.3) is 0 Å². The van der Waals surface area contributed by atoms with Gasteiger partial charge in [-0.15, -0.1) is 0 Å². The van der Waals surface area contributed by atoms with Crippen molar-refractivity contribution in [3.8, 4) is 0 Å². The highest BCUT2D eigenvalue weighted by atomic mass is 16.2. The van der Waals surface area contributed by atoms with Crippen molar-refractivity contribution in [1.82, 2.24) is 10.2 Å². The highest BCUT2D eigenvalue weighted by Gasteiger charge is 2.40. The zero-order valence-corrected chi connectivity index (χ0v) is 9.54. The quantitative estimate of drug-likeness (QED) is 0.809. The van der Waals surface area contributed by atoms with E-state index in [1.54, 1.807) is 6.20 Å². The Morgan fingerprint density at radius 2 is 2.00 bits per heavy atom.